The predicted octanol–water partition coefficient (Wildman–Crippen LogP) is 5.25. The van der Waals surface area contributed by atoms with Crippen LogP contribution in [0.4, 0.5) is 5.69 Å². The van der Waals surface area contributed by atoms with E-state index in [0.29, 0.717) is 19.0 Å². The van der Waals surface area contributed by atoms with Crippen molar-refractivity contribution in [1.29, 1.82) is 0 Å². The van der Waals surface area contributed by atoms with Crippen LogP contribution in [0.1, 0.15) is 35.6 Å². The lowest BCUT2D eigenvalue weighted by Crippen LogP contribution is -2.39. The number of nitro groups is 1. The molecule has 0 aliphatic carbocycles. The lowest BCUT2D eigenvalue weighted by Gasteiger charge is -2.19. The van der Waals surface area contributed by atoms with E-state index in [0.717, 1.165) is 17.7 Å². The van der Waals surface area contributed by atoms with Crippen molar-refractivity contribution in [1.82, 2.24) is 10.6 Å². The Hall–Kier alpha value is -2.40. The fourth-order valence-electron chi connectivity index (χ4n) is 2.66. The van der Waals surface area contributed by atoms with E-state index in [1.807, 2.05) is 18.2 Å². The zero-order valence-corrected chi connectivity index (χ0v) is 19.1. The highest BCUT2D eigenvalue weighted by molar-refractivity contribution is 14.0. The van der Waals surface area contributed by atoms with Crippen LogP contribution in [-0.4, -0.2) is 10.9 Å². The molecule has 2 N–H and O–H groups in total. The van der Waals surface area contributed by atoms with Crippen molar-refractivity contribution in [3.8, 4) is 0 Å². The molecule has 0 amide bonds. The van der Waals surface area contributed by atoms with E-state index in [1.54, 1.807) is 29.7 Å². The molecule has 2 aromatic heterocycles. The number of guanidine groups is 1. The van der Waals surface area contributed by atoms with Crippen molar-refractivity contribution < 1.29 is 9.34 Å². The van der Waals surface area contributed by atoms with E-state index in [1.165, 1.54) is 17.0 Å². The van der Waals surface area contributed by atoms with Crippen LogP contribution >= 0.6 is 35.3 Å². The van der Waals surface area contributed by atoms with Gasteiger partial charge in [-0.15, -0.1) is 35.3 Å². The molecule has 0 aliphatic heterocycles. The van der Waals surface area contributed by atoms with Gasteiger partial charge in [-0.3, -0.25) is 10.1 Å². The van der Waals surface area contributed by atoms with Crippen molar-refractivity contribution in [3.63, 3.8) is 0 Å². The topological polar surface area (TPSA) is 92.7 Å². The molecule has 7 nitrogen and oxygen atoms in total. The third-order valence-corrected chi connectivity index (χ3v) is 5.17. The number of aliphatic imine (C=N–C) groups is 1. The maximum atomic E-state index is 10.8. The molecular weight excluding hydrogens is 503 g/mol. The molecule has 1 unspecified atom stereocenters. The molecule has 0 aliphatic rings. The van der Waals surface area contributed by atoms with Gasteiger partial charge >= 0.3 is 0 Å². The number of hydrogen-bond acceptors (Lipinski definition) is 5. The van der Waals surface area contributed by atoms with Crippen molar-refractivity contribution >= 4 is 47.0 Å². The first-order valence-corrected chi connectivity index (χ1v) is 9.87. The Morgan fingerprint density at radius 1 is 1.24 bits per heavy atom. The number of non-ortho nitro benzene ring substituents is 1. The van der Waals surface area contributed by atoms with E-state index in [2.05, 4.69) is 34.0 Å². The Morgan fingerprint density at radius 3 is 2.62 bits per heavy atom. The normalized spacial score (nSPS) is 12.1. The van der Waals surface area contributed by atoms with Gasteiger partial charge in [-0.05, 0) is 35.6 Å². The van der Waals surface area contributed by atoms with Gasteiger partial charge in [-0.1, -0.05) is 25.1 Å². The summed E-state index contributed by atoms with van der Waals surface area (Å²) in [5, 5.41) is 19.6. The minimum absolute atomic E-state index is 0. The second-order valence-corrected chi connectivity index (χ2v) is 7.12. The van der Waals surface area contributed by atoms with Crippen molar-refractivity contribution in [3.05, 3.63) is 86.5 Å². The largest absolute Gasteiger partial charge is 0.467 e. The number of furan rings is 1. The van der Waals surface area contributed by atoms with E-state index in [4.69, 9.17) is 4.42 Å². The Bertz CT molecular complexity index is 896. The number of thiophene rings is 1. The van der Waals surface area contributed by atoms with Crippen LogP contribution in [0.25, 0.3) is 0 Å². The van der Waals surface area contributed by atoms with E-state index >= 15 is 0 Å². The van der Waals surface area contributed by atoms with Crippen LogP contribution in [-0.2, 0) is 13.1 Å². The van der Waals surface area contributed by atoms with Crippen molar-refractivity contribution in [2.24, 2.45) is 4.99 Å². The monoisotopic (exact) mass is 526 g/mol. The first-order valence-electron chi connectivity index (χ1n) is 8.99. The number of hydrogen-bond donors (Lipinski definition) is 2. The number of nitro benzene ring substituents is 1. The fourth-order valence-corrected chi connectivity index (χ4v) is 3.52. The smallest absolute Gasteiger partial charge is 0.269 e. The molecule has 154 valence electrons. The molecule has 0 saturated heterocycles. The number of nitrogens with zero attached hydrogens (tertiary/aromatic N) is 2. The lowest BCUT2D eigenvalue weighted by molar-refractivity contribution is -0.384. The summed E-state index contributed by atoms with van der Waals surface area (Å²) in [5.41, 5.74) is 0.972. The van der Waals surface area contributed by atoms with Gasteiger partial charge in [-0.2, -0.15) is 0 Å². The minimum Gasteiger partial charge on any atom is -0.467 e. The second kappa shape index (κ2) is 11.6. The highest BCUT2D eigenvalue weighted by atomic mass is 127. The summed E-state index contributed by atoms with van der Waals surface area (Å²) in [4.78, 5) is 16.3. The number of nitrogens with one attached hydrogen (secondary N) is 2. The summed E-state index contributed by atoms with van der Waals surface area (Å²) in [6.07, 6.45) is 2.55. The van der Waals surface area contributed by atoms with Gasteiger partial charge in [0.2, 0.25) is 0 Å². The zero-order chi connectivity index (χ0) is 19.8. The minimum atomic E-state index is -0.405. The molecule has 2 heterocycles. The average molecular weight is 526 g/mol. The molecule has 0 bridgehead atoms. The van der Waals surface area contributed by atoms with Crippen LogP contribution in [0.2, 0.25) is 0 Å². The van der Waals surface area contributed by atoms with Gasteiger partial charge in [0.15, 0.2) is 5.96 Å². The molecule has 3 aromatic rings. The number of halogens is 1. The fraction of sp³-hybridized carbons (Fsp3) is 0.250. The quantitative estimate of drug-likeness (QED) is 0.138. The van der Waals surface area contributed by atoms with E-state index in [-0.39, 0.29) is 35.7 Å². The van der Waals surface area contributed by atoms with Gasteiger partial charge in [0, 0.05) is 17.0 Å². The van der Waals surface area contributed by atoms with Crippen LogP contribution in [0.15, 0.2) is 69.6 Å². The van der Waals surface area contributed by atoms with Gasteiger partial charge in [0.25, 0.3) is 5.69 Å². The van der Waals surface area contributed by atoms with Crippen molar-refractivity contribution in [2.45, 2.75) is 32.5 Å². The molecule has 1 atom stereocenters. The zero-order valence-electron chi connectivity index (χ0n) is 15.9. The first-order chi connectivity index (χ1) is 13.7. The summed E-state index contributed by atoms with van der Waals surface area (Å²) in [6.45, 7) is 3.05. The summed E-state index contributed by atoms with van der Waals surface area (Å²) in [6, 6.07) is 14.5. The average Bonchev–Trinajstić information content (AvgIpc) is 3.42. The molecule has 9 heteroatoms. The Morgan fingerprint density at radius 2 is 2.03 bits per heavy atom. The molecule has 0 fully saturated rings. The van der Waals surface area contributed by atoms with Crippen LogP contribution in [0, 0.1) is 10.1 Å². The predicted molar refractivity (Wildman–Crippen MR) is 126 cm³/mol. The maximum Gasteiger partial charge on any atom is 0.269 e. The summed E-state index contributed by atoms with van der Waals surface area (Å²) in [5.74, 6) is 1.48. The molecule has 3 rings (SSSR count). The maximum absolute atomic E-state index is 10.8. The summed E-state index contributed by atoms with van der Waals surface area (Å²) in [7, 11) is 0. The molecular formula is C20H23IN4O3S. The SMILES string of the molecule is CCC(NC(=NCc1ccc([N+](=O)[O-])cc1)NCc1ccco1)c1cccs1.I. The summed E-state index contributed by atoms with van der Waals surface area (Å²) >= 11 is 1.70. The van der Waals surface area contributed by atoms with E-state index in [9.17, 15) is 10.1 Å². The third kappa shape index (κ3) is 6.86. The van der Waals surface area contributed by atoms with Gasteiger partial charge in [0.05, 0.1) is 30.3 Å². The Kier molecular flexibility index (Phi) is 9.13. The molecule has 0 radical (unpaired) electrons. The standard InChI is InChI=1S/C20H22N4O3S.HI/c1-2-18(19-6-4-12-28-19)23-20(22-14-17-5-3-11-27-17)21-13-15-7-9-16(10-8-15)24(25)26;/h3-12,18H,2,13-14H2,1H3,(H2,21,22,23);1H. The number of rotatable bonds is 8. The molecule has 1 aromatic carbocycles. The second-order valence-electron chi connectivity index (χ2n) is 6.14. The lowest BCUT2D eigenvalue weighted by atomic mass is 10.2. The number of benzene rings is 1. The van der Waals surface area contributed by atoms with Crippen molar-refractivity contribution in [2.75, 3.05) is 0 Å². The third-order valence-electron chi connectivity index (χ3n) is 4.18. The van der Waals surface area contributed by atoms with E-state index < -0.39 is 4.92 Å². The Labute approximate surface area is 190 Å². The van der Waals surface area contributed by atoms with Crippen LogP contribution in [0.5, 0.6) is 0 Å². The van der Waals surface area contributed by atoms with Crippen LogP contribution in [0.3, 0.4) is 0 Å². The molecule has 0 saturated carbocycles. The van der Waals surface area contributed by atoms with Crippen LogP contribution < -0.4 is 10.6 Å². The van der Waals surface area contributed by atoms with Gasteiger partial charge < -0.3 is 15.1 Å². The first kappa shape index (κ1) is 22.9. The molecule has 29 heavy (non-hydrogen) atoms. The highest BCUT2D eigenvalue weighted by Gasteiger charge is 2.13. The highest BCUT2D eigenvalue weighted by Crippen LogP contribution is 2.21. The summed E-state index contributed by atoms with van der Waals surface area (Å²) < 4.78 is 5.38. The molecule has 0 spiro atoms. The van der Waals surface area contributed by atoms with Gasteiger partial charge in [-0.25, -0.2) is 4.99 Å². The Balaban J connectivity index is 0.00000300. The van der Waals surface area contributed by atoms with Gasteiger partial charge in [0.1, 0.15) is 5.76 Å².